The van der Waals surface area contributed by atoms with E-state index >= 15 is 0 Å². The molecule has 1 heterocycles. The van der Waals surface area contributed by atoms with Gasteiger partial charge in [0.25, 0.3) is 0 Å². The maximum Gasteiger partial charge on any atom is 0.231 e. The highest BCUT2D eigenvalue weighted by Crippen LogP contribution is 2.50. The molecule has 0 radical (unpaired) electrons. The minimum atomic E-state index is 0.118. The largest absolute Gasteiger partial charge is 0.453 e. The number of hydrogen-bond donors (Lipinski definition) is 0. The Morgan fingerprint density at radius 2 is 1.07 bits per heavy atom. The molecular weight excluding hydrogens is 560 g/mol. The van der Waals surface area contributed by atoms with Gasteiger partial charge < -0.3 is 19.3 Å². The topological polar surface area (TPSA) is 59.1 Å². The molecule has 0 amide bonds. The summed E-state index contributed by atoms with van der Waals surface area (Å²) in [5.74, 6) is 5.35. The lowest BCUT2D eigenvalue weighted by Gasteiger charge is -2.29. The van der Waals surface area contributed by atoms with Crippen molar-refractivity contribution in [2.45, 2.75) is 12.8 Å². The number of nitrogens with zero attached hydrogens (tertiary/aromatic N) is 2. The first-order valence-corrected chi connectivity index (χ1v) is 14.7. The average Bonchev–Trinajstić information content (AvgIpc) is 3.61. The predicted octanol–water partition coefficient (Wildman–Crippen LogP) is 8.56. The second-order valence-corrected chi connectivity index (χ2v) is 10.7. The van der Waals surface area contributed by atoms with E-state index in [0.29, 0.717) is 35.5 Å². The third-order valence-corrected chi connectivity index (χ3v) is 7.96. The third kappa shape index (κ3) is 5.44. The number of carbonyl (C=O) groups excluding carboxylic acids is 2. The van der Waals surface area contributed by atoms with Crippen molar-refractivity contribution >= 4 is 34.6 Å². The van der Waals surface area contributed by atoms with Gasteiger partial charge in [0.1, 0.15) is 11.9 Å². The molecule has 7 rings (SSSR count). The Morgan fingerprint density at radius 3 is 1.62 bits per heavy atom. The van der Waals surface area contributed by atoms with Crippen molar-refractivity contribution in [3.05, 3.63) is 156 Å². The highest BCUT2D eigenvalue weighted by molar-refractivity contribution is 5.86. The lowest BCUT2D eigenvalue weighted by atomic mass is 10.0. The Bertz CT molecular complexity index is 1980. The molecule has 0 saturated carbocycles. The number of rotatable bonds is 7. The number of fused-ring (bicyclic) bond motifs is 1. The van der Waals surface area contributed by atoms with Gasteiger partial charge in [-0.3, -0.25) is 0 Å². The Hall–Kier alpha value is -6.06. The van der Waals surface area contributed by atoms with Gasteiger partial charge in [0, 0.05) is 58.0 Å². The highest BCUT2D eigenvalue weighted by atomic mass is 16.7. The van der Waals surface area contributed by atoms with Crippen LogP contribution in [0.25, 0.3) is 11.1 Å². The van der Waals surface area contributed by atoms with E-state index in [0.717, 1.165) is 45.3 Å². The fourth-order valence-corrected chi connectivity index (χ4v) is 5.76. The molecule has 3 aliphatic rings. The number of anilines is 4. The first-order valence-electron chi connectivity index (χ1n) is 14.7. The summed E-state index contributed by atoms with van der Waals surface area (Å²) in [5, 5.41) is 0. The van der Waals surface area contributed by atoms with Crippen LogP contribution in [-0.2, 0) is 9.59 Å². The van der Waals surface area contributed by atoms with Crippen molar-refractivity contribution in [1.82, 2.24) is 0 Å². The van der Waals surface area contributed by atoms with Crippen LogP contribution in [0.1, 0.15) is 12.8 Å². The molecule has 6 nitrogen and oxygen atoms in total. The fraction of sp³-hybridized carbons (Fsp3) is 0.0769. The van der Waals surface area contributed by atoms with E-state index < -0.39 is 0 Å². The van der Waals surface area contributed by atoms with Crippen LogP contribution >= 0.6 is 0 Å². The number of allylic oxidation sites excluding steroid dienone is 8. The van der Waals surface area contributed by atoms with Gasteiger partial charge in [-0.05, 0) is 78.4 Å². The Morgan fingerprint density at radius 1 is 0.533 bits per heavy atom. The Labute approximate surface area is 261 Å². The molecule has 6 heteroatoms. The molecule has 45 heavy (non-hydrogen) atoms. The molecule has 4 aromatic rings. The van der Waals surface area contributed by atoms with Gasteiger partial charge in [0.05, 0.1) is 5.69 Å². The molecule has 0 atom stereocenters. The fourth-order valence-electron chi connectivity index (χ4n) is 5.76. The normalized spacial score (nSPS) is 14.8. The number of hydrogen-bond acceptors (Lipinski definition) is 6. The van der Waals surface area contributed by atoms with Crippen molar-refractivity contribution in [1.29, 1.82) is 0 Å². The lowest BCUT2D eigenvalue weighted by molar-refractivity contribution is 0.174. The molecule has 0 bridgehead atoms. The summed E-state index contributed by atoms with van der Waals surface area (Å²) in [6, 6.07) is 32.7. The summed E-state index contributed by atoms with van der Waals surface area (Å²) in [4.78, 5) is 26.7. The lowest BCUT2D eigenvalue weighted by Crippen LogP contribution is -2.17. The monoisotopic (exact) mass is 588 g/mol. The molecule has 0 aromatic heterocycles. The van der Waals surface area contributed by atoms with Crippen molar-refractivity contribution in [3.63, 3.8) is 0 Å². The molecule has 0 saturated heterocycles. The molecule has 0 spiro atoms. The smallest absolute Gasteiger partial charge is 0.231 e. The van der Waals surface area contributed by atoms with Gasteiger partial charge in [0.15, 0.2) is 11.5 Å². The van der Waals surface area contributed by atoms with Crippen LogP contribution < -0.4 is 19.3 Å². The minimum absolute atomic E-state index is 0.118. The number of para-hydroxylation sites is 2. The average molecular weight is 589 g/mol. The molecule has 0 fully saturated rings. The maximum absolute atomic E-state index is 11.2. The van der Waals surface area contributed by atoms with Crippen molar-refractivity contribution in [2.75, 3.05) is 16.6 Å². The quantitative estimate of drug-likeness (QED) is 0.202. The Kier molecular flexibility index (Phi) is 7.57. The Balaban J connectivity index is 1.26. The van der Waals surface area contributed by atoms with Crippen LogP contribution in [0, 0.1) is 0 Å². The zero-order valence-corrected chi connectivity index (χ0v) is 24.4. The highest BCUT2D eigenvalue weighted by Gasteiger charge is 2.28. The van der Waals surface area contributed by atoms with E-state index in [1.165, 1.54) is 0 Å². The summed E-state index contributed by atoms with van der Waals surface area (Å²) in [6.07, 6.45) is 12.6. The molecule has 1 aliphatic heterocycles. The van der Waals surface area contributed by atoms with E-state index in [1.807, 2.05) is 96.9 Å². The van der Waals surface area contributed by atoms with Gasteiger partial charge in [-0.15, -0.1) is 0 Å². The van der Waals surface area contributed by atoms with Gasteiger partial charge >= 0.3 is 0 Å². The van der Waals surface area contributed by atoms with Crippen molar-refractivity contribution in [2.24, 2.45) is 0 Å². The van der Waals surface area contributed by atoms with Crippen LogP contribution in [-0.4, -0.2) is 18.7 Å². The first kappa shape index (κ1) is 27.8. The van der Waals surface area contributed by atoms with E-state index in [9.17, 15) is 9.59 Å². The molecule has 0 N–H and O–H groups in total. The first-order chi connectivity index (χ1) is 22.2. The van der Waals surface area contributed by atoms with Crippen LogP contribution in [0.15, 0.2) is 156 Å². The zero-order chi connectivity index (χ0) is 30.6. The summed E-state index contributed by atoms with van der Waals surface area (Å²) >= 11 is 0. The molecule has 2 aliphatic carbocycles. The van der Waals surface area contributed by atoms with E-state index in [4.69, 9.17) is 9.47 Å². The predicted molar refractivity (Wildman–Crippen MR) is 177 cm³/mol. The van der Waals surface area contributed by atoms with Crippen molar-refractivity contribution < 1.29 is 19.1 Å². The van der Waals surface area contributed by atoms with Crippen LogP contribution in [0.4, 0.5) is 22.7 Å². The van der Waals surface area contributed by atoms with Crippen LogP contribution in [0.5, 0.6) is 11.5 Å². The molecular formula is C39H28N2O4. The summed E-state index contributed by atoms with van der Waals surface area (Å²) < 4.78 is 12.2. The second kappa shape index (κ2) is 12.3. The van der Waals surface area contributed by atoms with E-state index in [1.54, 1.807) is 0 Å². The standard InChI is InChI=1S/C39H28N2O4/c42-25-28-11-17-33(18-12-28)40(31-7-3-1-4-8-31)34-21-15-30(16-22-34)36-23-24-37(39-38(36)44-27-45-39)41(32-9-5-2-6-10-32)35-19-13-29(26-43)14-20-35/h1-11,13,15-24H,12,14,27H2. The minimum Gasteiger partial charge on any atom is -0.453 e. The molecule has 0 unspecified atom stereocenters. The van der Waals surface area contributed by atoms with E-state index in [-0.39, 0.29) is 6.79 Å². The third-order valence-electron chi connectivity index (χ3n) is 7.96. The van der Waals surface area contributed by atoms with Gasteiger partial charge in [-0.2, -0.15) is 0 Å². The summed E-state index contributed by atoms with van der Waals surface area (Å²) in [7, 11) is 0. The second-order valence-electron chi connectivity index (χ2n) is 10.7. The zero-order valence-electron chi connectivity index (χ0n) is 24.4. The summed E-state index contributed by atoms with van der Waals surface area (Å²) in [6.45, 7) is 0.118. The van der Waals surface area contributed by atoms with Crippen LogP contribution in [0.2, 0.25) is 0 Å². The molecule has 218 valence electrons. The van der Waals surface area contributed by atoms with Crippen LogP contribution in [0.3, 0.4) is 0 Å². The van der Waals surface area contributed by atoms with Gasteiger partial charge in [-0.1, -0.05) is 60.7 Å². The number of ether oxygens (including phenoxy) is 2. The van der Waals surface area contributed by atoms with E-state index in [2.05, 4.69) is 58.3 Å². The van der Waals surface area contributed by atoms with Gasteiger partial charge in [-0.25, -0.2) is 9.59 Å². The SMILES string of the molecule is O=C=C1C=CC(N(c2ccccc2)c2ccc(-c3ccc(N(C4=CCC(=C=O)C=C4)c4ccccc4)c4c3OCO4)cc2)=CC1. The molecule has 4 aromatic carbocycles. The number of benzene rings is 4. The summed E-state index contributed by atoms with van der Waals surface area (Å²) in [5.41, 5.74) is 8.88. The van der Waals surface area contributed by atoms with Crippen molar-refractivity contribution in [3.8, 4) is 22.6 Å². The maximum atomic E-state index is 11.2. The van der Waals surface area contributed by atoms with Gasteiger partial charge in [0.2, 0.25) is 6.79 Å².